The first kappa shape index (κ1) is 20.3. The van der Waals surface area contributed by atoms with Crippen LogP contribution in [0, 0.1) is 6.92 Å². The van der Waals surface area contributed by atoms with E-state index in [-0.39, 0.29) is 22.6 Å². The number of benzene rings is 3. The van der Waals surface area contributed by atoms with E-state index in [1.54, 1.807) is 36.4 Å². The van der Waals surface area contributed by atoms with E-state index >= 15 is 0 Å². The number of nitrogens with one attached hydrogen (secondary N) is 2. The fraction of sp³-hybridized carbons (Fsp3) is 0.0800. The number of aryl methyl sites for hydroxylation is 1. The zero-order valence-corrected chi connectivity index (χ0v) is 17.7. The molecule has 0 atom stereocenters. The van der Waals surface area contributed by atoms with Crippen molar-refractivity contribution in [3.05, 3.63) is 87.8 Å². The third-order valence-corrected chi connectivity index (χ3v) is 5.27. The van der Waals surface area contributed by atoms with Gasteiger partial charge in [0, 0.05) is 11.1 Å². The highest BCUT2D eigenvalue weighted by atomic mass is 16.5. The Bertz CT molecular complexity index is 1510. The van der Waals surface area contributed by atoms with Crippen LogP contribution in [0.3, 0.4) is 0 Å². The third-order valence-electron chi connectivity index (χ3n) is 5.27. The molecule has 4 aromatic rings. The Morgan fingerprint density at radius 2 is 1.82 bits per heavy atom. The van der Waals surface area contributed by atoms with E-state index in [1.807, 2.05) is 19.1 Å². The molecule has 0 aliphatic carbocycles. The molecule has 8 heteroatoms. The van der Waals surface area contributed by atoms with Crippen molar-refractivity contribution in [2.45, 2.75) is 6.92 Å². The number of para-hydroxylation sites is 1. The average molecular weight is 442 g/mol. The van der Waals surface area contributed by atoms with Gasteiger partial charge in [-0.15, -0.1) is 0 Å². The van der Waals surface area contributed by atoms with Crippen molar-refractivity contribution < 1.29 is 23.5 Å². The summed E-state index contributed by atoms with van der Waals surface area (Å²) < 4.78 is 16.4. The molecule has 0 saturated carbocycles. The normalized spacial score (nSPS) is 12.1. The lowest BCUT2D eigenvalue weighted by Gasteiger charge is -2.10. The maximum absolute atomic E-state index is 12.8. The second kappa shape index (κ2) is 7.83. The highest BCUT2D eigenvalue weighted by Gasteiger charge is 2.22. The van der Waals surface area contributed by atoms with Gasteiger partial charge in [0.15, 0.2) is 17.1 Å². The Morgan fingerprint density at radius 3 is 2.64 bits per heavy atom. The van der Waals surface area contributed by atoms with Crippen molar-refractivity contribution in [3.63, 3.8) is 0 Å². The average Bonchev–Trinajstić information content (AvgIpc) is 2.93. The molecule has 33 heavy (non-hydrogen) atoms. The molecule has 0 unspecified atom stereocenters. The molecule has 0 radical (unpaired) electrons. The van der Waals surface area contributed by atoms with E-state index in [2.05, 4.69) is 10.6 Å². The molecule has 1 aliphatic rings. The van der Waals surface area contributed by atoms with E-state index in [1.165, 1.54) is 19.2 Å². The van der Waals surface area contributed by atoms with Crippen molar-refractivity contribution in [2.24, 2.45) is 0 Å². The first-order valence-corrected chi connectivity index (χ1v) is 10.1. The van der Waals surface area contributed by atoms with Crippen LogP contribution in [-0.4, -0.2) is 18.9 Å². The summed E-state index contributed by atoms with van der Waals surface area (Å²) in [5.41, 5.74) is 1.40. The number of ether oxygens (including phenoxy) is 2. The monoisotopic (exact) mass is 442 g/mol. The summed E-state index contributed by atoms with van der Waals surface area (Å²) in [6.45, 7) is 1.91. The molecule has 0 spiro atoms. The first-order valence-electron chi connectivity index (χ1n) is 10.1. The first-order chi connectivity index (χ1) is 15.9. The van der Waals surface area contributed by atoms with Gasteiger partial charge in [-0.1, -0.05) is 18.2 Å². The van der Waals surface area contributed by atoms with Crippen LogP contribution in [0.15, 0.2) is 69.9 Å². The van der Waals surface area contributed by atoms with Crippen molar-refractivity contribution in [2.75, 3.05) is 17.7 Å². The minimum atomic E-state index is -0.800. The summed E-state index contributed by atoms with van der Waals surface area (Å²) in [7, 11) is 1.47. The van der Waals surface area contributed by atoms with Crippen LogP contribution in [0.4, 0.5) is 11.4 Å². The fourth-order valence-electron chi connectivity index (χ4n) is 3.65. The van der Waals surface area contributed by atoms with Crippen molar-refractivity contribution in [1.82, 2.24) is 0 Å². The van der Waals surface area contributed by atoms with E-state index in [9.17, 15) is 14.4 Å². The molecule has 1 aromatic heterocycles. The second-order valence-corrected chi connectivity index (χ2v) is 7.55. The second-order valence-electron chi connectivity index (χ2n) is 7.55. The number of rotatable bonds is 3. The van der Waals surface area contributed by atoms with Crippen LogP contribution in [0.5, 0.6) is 17.2 Å². The van der Waals surface area contributed by atoms with Gasteiger partial charge in [0.25, 0.3) is 11.8 Å². The predicted molar refractivity (Wildman–Crippen MR) is 123 cm³/mol. The SMILES string of the molecule is COc1cccc2cc(C(=O)Nc3ccc4c(c3)C(=O)Nc3cc(C)ccc3O4)c(=O)oc12. The molecule has 0 fully saturated rings. The maximum Gasteiger partial charge on any atom is 0.349 e. The van der Waals surface area contributed by atoms with Crippen molar-refractivity contribution in [3.8, 4) is 17.2 Å². The van der Waals surface area contributed by atoms with E-state index in [0.717, 1.165) is 5.56 Å². The number of carbonyl (C=O) groups is 2. The standard InChI is InChI=1S/C25H18N2O6/c1-13-6-8-20-18(10-13)27-23(28)16-12-15(7-9-19(16)32-20)26-24(29)17-11-14-4-3-5-21(31-2)22(14)33-25(17)30/h3-12H,1-2H3,(H,26,29)(H,27,28). The number of carbonyl (C=O) groups excluding carboxylic acids is 2. The van der Waals surface area contributed by atoms with Gasteiger partial charge in [0.2, 0.25) is 0 Å². The molecule has 0 saturated heterocycles. The molecule has 5 rings (SSSR count). The van der Waals surface area contributed by atoms with Gasteiger partial charge in [0.1, 0.15) is 11.3 Å². The van der Waals surface area contributed by atoms with E-state index in [0.29, 0.717) is 34.0 Å². The summed E-state index contributed by atoms with van der Waals surface area (Å²) in [6.07, 6.45) is 0. The van der Waals surface area contributed by atoms with Gasteiger partial charge in [-0.05, 0) is 55.0 Å². The summed E-state index contributed by atoms with van der Waals surface area (Å²) in [5, 5.41) is 6.01. The van der Waals surface area contributed by atoms with Gasteiger partial charge < -0.3 is 24.5 Å². The Labute approximate surface area is 187 Å². The highest BCUT2D eigenvalue weighted by Crippen LogP contribution is 2.37. The molecular weight excluding hydrogens is 424 g/mol. The number of hydrogen-bond acceptors (Lipinski definition) is 6. The zero-order valence-electron chi connectivity index (χ0n) is 17.7. The van der Waals surface area contributed by atoms with Crippen molar-refractivity contribution >= 4 is 34.2 Å². The van der Waals surface area contributed by atoms with Crippen LogP contribution < -0.4 is 25.7 Å². The molecule has 164 valence electrons. The molecule has 1 aliphatic heterocycles. The Balaban J connectivity index is 1.45. The largest absolute Gasteiger partial charge is 0.493 e. The zero-order chi connectivity index (χ0) is 23.1. The number of hydrogen-bond donors (Lipinski definition) is 2. The fourth-order valence-corrected chi connectivity index (χ4v) is 3.65. The van der Waals surface area contributed by atoms with Gasteiger partial charge in [-0.25, -0.2) is 4.79 Å². The Hall–Kier alpha value is -4.59. The van der Waals surface area contributed by atoms with E-state index < -0.39 is 11.5 Å². The smallest absolute Gasteiger partial charge is 0.349 e. The number of amides is 2. The van der Waals surface area contributed by atoms with Gasteiger partial charge in [0.05, 0.1) is 18.4 Å². The molecule has 2 N–H and O–H groups in total. The lowest BCUT2D eigenvalue weighted by atomic mass is 10.1. The quantitative estimate of drug-likeness (QED) is 0.445. The highest BCUT2D eigenvalue weighted by molar-refractivity contribution is 6.10. The summed E-state index contributed by atoms with van der Waals surface area (Å²) in [5.74, 6) is 0.230. The summed E-state index contributed by atoms with van der Waals surface area (Å²) in [6, 6.07) is 16.7. The third kappa shape index (κ3) is 3.67. The number of anilines is 2. The minimum Gasteiger partial charge on any atom is -0.493 e. The van der Waals surface area contributed by atoms with Crippen molar-refractivity contribution in [1.29, 1.82) is 0 Å². The van der Waals surface area contributed by atoms with Crippen LogP contribution in [-0.2, 0) is 0 Å². The lowest BCUT2D eigenvalue weighted by Crippen LogP contribution is -2.21. The molecule has 0 bridgehead atoms. The molecule has 3 aromatic carbocycles. The molecule has 2 amide bonds. The topological polar surface area (TPSA) is 107 Å². The van der Waals surface area contributed by atoms with Gasteiger partial charge >= 0.3 is 5.63 Å². The van der Waals surface area contributed by atoms with Gasteiger partial charge in [-0.3, -0.25) is 9.59 Å². The molecular formula is C25H18N2O6. The minimum absolute atomic E-state index is 0.172. The molecule has 2 heterocycles. The number of fused-ring (bicyclic) bond motifs is 3. The van der Waals surface area contributed by atoms with Crippen LogP contribution in [0.1, 0.15) is 26.3 Å². The van der Waals surface area contributed by atoms with Crippen LogP contribution >= 0.6 is 0 Å². The Morgan fingerprint density at radius 1 is 1.00 bits per heavy atom. The van der Waals surface area contributed by atoms with E-state index in [4.69, 9.17) is 13.9 Å². The van der Waals surface area contributed by atoms with Crippen LogP contribution in [0.2, 0.25) is 0 Å². The number of methoxy groups -OCH3 is 1. The molecule has 8 nitrogen and oxygen atoms in total. The van der Waals surface area contributed by atoms with Gasteiger partial charge in [-0.2, -0.15) is 0 Å². The lowest BCUT2D eigenvalue weighted by molar-refractivity contribution is 0.101. The Kier molecular flexibility index (Phi) is 4.82. The predicted octanol–water partition coefficient (Wildman–Crippen LogP) is 4.72. The van der Waals surface area contributed by atoms with Crippen LogP contribution in [0.25, 0.3) is 11.0 Å². The maximum atomic E-state index is 12.8. The summed E-state index contributed by atoms with van der Waals surface area (Å²) >= 11 is 0. The summed E-state index contributed by atoms with van der Waals surface area (Å²) in [4.78, 5) is 38.0.